The van der Waals surface area contributed by atoms with Gasteiger partial charge in [-0.1, -0.05) is 18.2 Å². The van der Waals surface area contributed by atoms with Gasteiger partial charge in [0.15, 0.2) is 5.82 Å². The van der Waals surface area contributed by atoms with Crippen LogP contribution in [0.25, 0.3) is 0 Å². The summed E-state index contributed by atoms with van der Waals surface area (Å²) in [5, 5.41) is 15.6. The Kier molecular flexibility index (Phi) is 3.75. The van der Waals surface area contributed by atoms with Crippen LogP contribution in [0.1, 0.15) is 16.8 Å². The maximum atomic E-state index is 7.44. The van der Waals surface area contributed by atoms with E-state index in [2.05, 4.69) is 10.2 Å². The minimum Gasteiger partial charge on any atom is -0.384 e. The lowest BCUT2D eigenvalue weighted by Crippen LogP contribution is -2.19. The number of hydrogen-bond acceptors (Lipinski definition) is 4. The molecule has 0 saturated heterocycles. The normalized spacial score (nSPS) is 10.2. The van der Waals surface area contributed by atoms with Gasteiger partial charge < -0.3 is 10.6 Å². The van der Waals surface area contributed by atoms with Gasteiger partial charge in [0.25, 0.3) is 0 Å². The van der Waals surface area contributed by atoms with Crippen molar-refractivity contribution in [3.8, 4) is 0 Å². The second-order valence-corrected chi connectivity index (χ2v) is 4.50. The Labute approximate surface area is 112 Å². The third kappa shape index (κ3) is 3.28. The molecule has 1 aromatic heterocycles. The highest BCUT2D eigenvalue weighted by molar-refractivity contribution is 5.95. The van der Waals surface area contributed by atoms with E-state index >= 15 is 0 Å². The molecule has 2 aromatic rings. The van der Waals surface area contributed by atoms with Crippen LogP contribution in [0.5, 0.6) is 0 Å². The number of aryl methyl sites for hydroxylation is 1. The number of hydrogen-bond donors (Lipinski definition) is 2. The van der Waals surface area contributed by atoms with Gasteiger partial charge in [-0.05, 0) is 30.7 Å². The van der Waals surface area contributed by atoms with E-state index in [0.29, 0.717) is 6.54 Å². The quantitative estimate of drug-likeness (QED) is 0.644. The molecule has 0 radical (unpaired) electrons. The second kappa shape index (κ2) is 5.48. The van der Waals surface area contributed by atoms with E-state index in [4.69, 9.17) is 11.1 Å². The largest absolute Gasteiger partial charge is 0.384 e. The van der Waals surface area contributed by atoms with Crippen molar-refractivity contribution >= 4 is 11.7 Å². The SMILES string of the molecule is Cc1ccc(N(C)Cc2cccc(C(=N)N)c2)nn1. The fraction of sp³-hybridized carbons (Fsp3) is 0.214. The Hall–Kier alpha value is -2.43. The summed E-state index contributed by atoms with van der Waals surface area (Å²) < 4.78 is 0. The summed E-state index contributed by atoms with van der Waals surface area (Å²) in [5.41, 5.74) is 8.21. The molecule has 5 nitrogen and oxygen atoms in total. The average Bonchev–Trinajstić information content (AvgIpc) is 2.39. The zero-order valence-electron chi connectivity index (χ0n) is 11.1. The average molecular weight is 255 g/mol. The number of nitrogens with zero attached hydrogens (tertiary/aromatic N) is 3. The number of benzene rings is 1. The predicted molar refractivity (Wildman–Crippen MR) is 76.3 cm³/mol. The first-order valence-electron chi connectivity index (χ1n) is 6.01. The lowest BCUT2D eigenvalue weighted by molar-refractivity contribution is 0.856. The zero-order valence-corrected chi connectivity index (χ0v) is 11.1. The van der Waals surface area contributed by atoms with Crippen LogP contribution < -0.4 is 10.6 Å². The number of nitrogens with two attached hydrogens (primary N) is 1. The van der Waals surface area contributed by atoms with Crippen LogP contribution in [0.4, 0.5) is 5.82 Å². The molecule has 2 rings (SSSR count). The van der Waals surface area contributed by atoms with E-state index in [9.17, 15) is 0 Å². The minimum absolute atomic E-state index is 0.0830. The molecule has 0 aliphatic rings. The number of amidine groups is 1. The third-order valence-electron chi connectivity index (χ3n) is 2.83. The van der Waals surface area contributed by atoms with Gasteiger partial charge in [-0.2, -0.15) is 5.10 Å². The Morgan fingerprint density at radius 2 is 2.05 bits per heavy atom. The Bertz CT molecular complexity index is 577. The van der Waals surface area contributed by atoms with Gasteiger partial charge in [0.05, 0.1) is 5.69 Å². The minimum atomic E-state index is 0.0830. The van der Waals surface area contributed by atoms with E-state index < -0.39 is 0 Å². The molecule has 3 N–H and O–H groups in total. The lowest BCUT2D eigenvalue weighted by atomic mass is 10.1. The topological polar surface area (TPSA) is 78.9 Å². The monoisotopic (exact) mass is 255 g/mol. The molecule has 98 valence electrons. The molecular weight excluding hydrogens is 238 g/mol. The third-order valence-corrected chi connectivity index (χ3v) is 2.83. The smallest absolute Gasteiger partial charge is 0.151 e. The molecule has 0 aliphatic carbocycles. The molecule has 0 fully saturated rings. The van der Waals surface area contributed by atoms with Crippen LogP contribution in [0.3, 0.4) is 0 Å². The van der Waals surface area contributed by atoms with Gasteiger partial charge in [0.1, 0.15) is 5.84 Å². The first kappa shape index (κ1) is 13.0. The molecule has 1 aromatic carbocycles. The standard InChI is InChI=1S/C14H17N5/c1-10-6-7-13(18-17-10)19(2)9-11-4-3-5-12(8-11)14(15)16/h3-8H,9H2,1-2H3,(H3,15,16). The van der Waals surface area contributed by atoms with Gasteiger partial charge in [0, 0.05) is 19.2 Å². The Balaban J connectivity index is 2.14. The lowest BCUT2D eigenvalue weighted by Gasteiger charge is -2.18. The van der Waals surface area contributed by atoms with Crippen LogP contribution in [0.2, 0.25) is 0 Å². The van der Waals surface area contributed by atoms with E-state index in [1.165, 1.54) is 0 Å². The molecule has 0 spiro atoms. The number of rotatable bonds is 4. The van der Waals surface area contributed by atoms with Gasteiger partial charge in [-0.25, -0.2) is 0 Å². The van der Waals surface area contributed by atoms with Crippen LogP contribution >= 0.6 is 0 Å². The van der Waals surface area contributed by atoms with E-state index in [1.54, 1.807) is 0 Å². The molecule has 5 heteroatoms. The van der Waals surface area contributed by atoms with Gasteiger partial charge >= 0.3 is 0 Å². The summed E-state index contributed by atoms with van der Waals surface area (Å²) in [6.45, 7) is 2.60. The summed E-state index contributed by atoms with van der Waals surface area (Å²) in [4.78, 5) is 2.01. The van der Waals surface area contributed by atoms with Crippen LogP contribution in [0, 0.1) is 12.3 Å². The summed E-state index contributed by atoms with van der Waals surface area (Å²) in [7, 11) is 1.96. The van der Waals surface area contributed by atoms with Crippen molar-refractivity contribution in [3.05, 3.63) is 53.2 Å². The van der Waals surface area contributed by atoms with Crippen molar-refractivity contribution < 1.29 is 0 Å². The molecule has 0 amide bonds. The molecule has 0 saturated carbocycles. The van der Waals surface area contributed by atoms with Crippen LogP contribution in [-0.4, -0.2) is 23.1 Å². The highest BCUT2D eigenvalue weighted by atomic mass is 15.2. The molecular formula is C14H17N5. The number of nitrogen functional groups attached to an aromatic ring is 1. The molecule has 0 bridgehead atoms. The summed E-state index contributed by atoms with van der Waals surface area (Å²) in [6, 6.07) is 11.5. The highest BCUT2D eigenvalue weighted by Gasteiger charge is 2.05. The molecule has 0 atom stereocenters. The van der Waals surface area contributed by atoms with E-state index in [-0.39, 0.29) is 5.84 Å². The van der Waals surface area contributed by atoms with Crippen molar-refractivity contribution in [1.29, 1.82) is 5.41 Å². The van der Waals surface area contributed by atoms with Crippen LogP contribution in [-0.2, 0) is 6.54 Å². The van der Waals surface area contributed by atoms with E-state index in [0.717, 1.165) is 22.6 Å². The Morgan fingerprint density at radius 3 is 2.68 bits per heavy atom. The number of anilines is 1. The van der Waals surface area contributed by atoms with E-state index in [1.807, 2.05) is 55.3 Å². The van der Waals surface area contributed by atoms with Crippen molar-refractivity contribution in [1.82, 2.24) is 10.2 Å². The number of nitrogens with one attached hydrogen (secondary N) is 1. The highest BCUT2D eigenvalue weighted by Crippen LogP contribution is 2.13. The first-order chi connectivity index (χ1) is 9.06. The fourth-order valence-electron chi connectivity index (χ4n) is 1.79. The molecule has 19 heavy (non-hydrogen) atoms. The maximum Gasteiger partial charge on any atom is 0.151 e. The van der Waals surface area contributed by atoms with Gasteiger partial charge in [0.2, 0.25) is 0 Å². The second-order valence-electron chi connectivity index (χ2n) is 4.50. The van der Waals surface area contributed by atoms with Crippen molar-refractivity contribution in [2.45, 2.75) is 13.5 Å². The van der Waals surface area contributed by atoms with Crippen molar-refractivity contribution in [2.24, 2.45) is 5.73 Å². The number of aromatic nitrogens is 2. The van der Waals surface area contributed by atoms with Crippen LogP contribution in [0.15, 0.2) is 36.4 Å². The summed E-state index contributed by atoms with van der Waals surface area (Å²) in [5.74, 6) is 0.901. The molecule has 0 aliphatic heterocycles. The summed E-state index contributed by atoms with van der Waals surface area (Å²) >= 11 is 0. The predicted octanol–water partition coefficient (Wildman–Crippen LogP) is 1.71. The van der Waals surface area contributed by atoms with Gasteiger partial charge in [-0.15, -0.1) is 5.10 Å². The zero-order chi connectivity index (χ0) is 13.8. The molecule has 0 unspecified atom stereocenters. The fourth-order valence-corrected chi connectivity index (χ4v) is 1.79. The van der Waals surface area contributed by atoms with Gasteiger partial charge in [-0.3, -0.25) is 5.41 Å². The summed E-state index contributed by atoms with van der Waals surface area (Å²) in [6.07, 6.45) is 0. The van der Waals surface area contributed by atoms with Crippen molar-refractivity contribution in [2.75, 3.05) is 11.9 Å². The first-order valence-corrected chi connectivity index (χ1v) is 6.01. The van der Waals surface area contributed by atoms with Crippen molar-refractivity contribution in [3.63, 3.8) is 0 Å². The maximum absolute atomic E-state index is 7.44. The Morgan fingerprint density at radius 1 is 1.26 bits per heavy atom. The molecule has 1 heterocycles.